The predicted octanol–water partition coefficient (Wildman–Crippen LogP) is 3.83. The maximum absolute atomic E-state index is 12.8. The molecule has 2 heterocycles. The number of carbonyl (C=O) groups excluding carboxylic acids is 1. The molecule has 1 aliphatic heterocycles. The van der Waals surface area contributed by atoms with Crippen LogP contribution in [0.15, 0.2) is 36.4 Å². The van der Waals surface area contributed by atoms with Crippen LogP contribution in [0.2, 0.25) is 5.02 Å². The van der Waals surface area contributed by atoms with Crippen LogP contribution in [0, 0.1) is 10.1 Å². The minimum atomic E-state index is -0.525. The lowest BCUT2D eigenvalue weighted by atomic mass is 10.1. The Balaban J connectivity index is 1.51. The number of anilines is 1. The summed E-state index contributed by atoms with van der Waals surface area (Å²) in [6.07, 6.45) is 0. The molecule has 150 valence electrons. The molecule has 3 aromatic rings. The summed E-state index contributed by atoms with van der Waals surface area (Å²) in [6, 6.07) is 9.74. The molecular weight excluding hydrogens is 416 g/mol. The largest absolute Gasteiger partial charge is 0.493 e. The number of para-hydroxylation sites is 1. The van der Waals surface area contributed by atoms with Crippen molar-refractivity contribution in [3.8, 4) is 5.75 Å². The lowest BCUT2D eigenvalue weighted by Gasteiger charge is -2.34. The molecule has 29 heavy (non-hydrogen) atoms. The lowest BCUT2D eigenvalue weighted by molar-refractivity contribution is -0.385. The van der Waals surface area contributed by atoms with Crippen molar-refractivity contribution < 1.29 is 14.5 Å². The highest BCUT2D eigenvalue weighted by Crippen LogP contribution is 2.38. The first-order valence-corrected chi connectivity index (χ1v) is 10.1. The number of amides is 1. The van der Waals surface area contributed by atoms with Crippen LogP contribution in [0.3, 0.4) is 0 Å². The summed E-state index contributed by atoms with van der Waals surface area (Å²) < 4.78 is 6.34. The number of nitrogens with zero attached hydrogens (tertiary/aromatic N) is 4. The summed E-state index contributed by atoms with van der Waals surface area (Å²) in [4.78, 5) is 31.9. The van der Waals surface area contributed by atoms with Gasteiger partial charge in [0, 0.05) is 32.2 Å². The third-order valence-corrected chi connectivity index (χ3v) is 6.21. The second-order valence-corrected chi connectivity index (χ2v) is 7.89. The van der Waals surface area contributed by atoms with E-state index in [1.54, 1.807) is 30.2 Å². The number of carbonyl (C=O) groups is 1. The first kappa shape index (κ1) is 19.4. The van der Waals surface area contributed by atoms with Gasteiger partial charge in [0.05, 0.1) is 21.8 Å². The molecule has 1 amide bonds. The topological polar surface area (TPSA) is 88.8 Å². The summed E-state index contributed by atoms with van der Waals surface area (Å²) in [5, 5.41) is 12.6. The third-order valence-electron chi connectivity index (χ3n) is 4.83. The summed E-state index contributed by atoms with van der Waals surface area (Å²) in [6.45, 7) is 2.09. The lowest BCUT2D eigenvalue weighted by Crippen LogP contribution is -2.48. The highest BCUT2D eigenvalue weighted by Gasteiger charge is 2.28. The van der Waals surface area contributed by atoms with E-state index in [1.165, 1.54) is 23.5 Å². The fourth-order valence-corrected chi connectivity index (χ4v) is 4.59. The summed E-state index contributed by atoms with van der Waals surface area (Å²) in [7, 11) is 1.56. The fourth-order valence-electron chi connectivity index (χ4n) is 3.35. The smallest absolute Gasteiger partial charge is 0.282 e. The maximum atomic E-state index is 12.8. The van der Waals surface area contributed by atoms with Crippen molar-refractivity contribution in [2.45, 2.75) is 0 Å². The van der Waals surface area contributed by atoms with Crippen LogP contribution in [0.25, 0.3) is 10.2 Å². The van der Waals surface area contributed by atoms with Crippen LogP contribution >= 0.6 is 22.9 Å². The number of hydrogen-bond donors (Lipinski definition) is 0. The zero-order valence-electron chi connectivity index (χ0n) is 15.5. The molecule has 0 aliphatic carbocycles. The number of nitro groups is 1. The third kappa shape index (κ3) is 3.58. The van der Waals surface area contributed by atoms with Gasteiger partial charge in [-0.2, -0.15) is 0 Å². The number of ether oxygens (including phenoxy) is 1. The number of halogens is 1. The van der Waals surface area contributed by atoms with Crippen LogP contribution in [-0.4, -0.2) is 54.0 Å². The van der Waals surface area contributed by atoms with Gasteiger partial charge in [-0.1, -0.05) is 35.1 Å². The Labute approximate surface area is 175 Å². The molecule has 0 N–H and O–H groups in total. The normalized spacial score (nSPS) is 14.3. The number of hydrogen-bond acceptors (Lipinski definition) is 7. The van der Waals surface area contributed by atoms with Crippen LogP contribution in [0.5, 0.6) is 5.75 Å². The molecule has 1 aliphatic rings. The van der Waals surface area contributed by atoms with Crippen molar-refractivity contribution in [1.82, 2.24) is 9.88 Å². The van der Waals surface area contributed by atoms with E-state index < -0.39 is 4.92 Å². The van der Waals surface area contributed by atoms with Gasteiger partial charge in [0.1, 0.15) is 11.1 Å². The van der Waals surface area contributed by atoms with Gasteiger partial charge >= 0.3 is 0 Å². The minimum absolute atomic E-state index is 0.116. The van der Waals surface area contributed by atoms with E-state index in [-0.39, 0.29) is 17.2 Å². The van der Waals surface area contributed by atoms with Crippen molar-refractivity contribution in [3.05, 3.63) is 57.1 Å². The number of benzene rings is 2. The molecule has 0 atom stereocenters. The van der Waals surface area contributed by atoms with E-state index in [0.29, 0.717) is 37.0 Å². The van der Waals surface area contributed by atoms with Crippen LogP contribution in [-0.2, 0) is 0 Å². The SMILES string of the molecule is COc1c(Cl)ccc2sc(N3CCN(C(=O)c4ccccc4[N+](=O)[O-])CC3)nc12. The quantitative estimate of drug-likeness (QED) is 0.460. The van der Waals surface area contributed by atoms with Crippen molar-refractivity contribution in [1.29, 1.82) is 0 Å². The molecule has 10 heteroatoms. The Morgan fingerprint density at radius 2 is 1.93 bits per heavy atom. The van der Waals surface area contributed by atoms with Crippen LogP contribution in [0.4, 0.5) is 10.8 Å². The Morgan fingerprint density at radius 1 is 1.21 bits per heavy atom. The van der Waals surface area contributed by atoms with E-state index in [1.807, 2.05) is 6.07 Å². The summed E-state index contributed by atoms with van der Waals surface area (Å²) in [5.74, 6) is 0.228. The molecular formula is C19H17ClN4O4S. The van der Waals surface area contributed by atoms with E-state index in [2.05, 4.69) is 9.88 Å². The molecule has 1 saturated heterocycles. The van der Waals surface area contributed by atoms with Crippen LogP contribution in [0.1, 0.15) is 10.4 Å². The molecule has 0 saturated carbocycles. The van der Waals surface area contributed by atoms with Gasteiger partial charge in [-0.3, -0.25) is 14.9 Å². The Morgan fingerprint density at radius 3 is 2.62 bits per heavy atom. The molecule has 0 bridgehead atoms. The monoisotopic (exact) mass is 432 g/mol. The summed E-state index contributed by atoms with van der Waals surface area (Å²) >= 11 is 7.72. The van der Waals surface area contributed by atoms with Gasteiger partial charge < -0.3 is 14.5 Å². The molecule has 4 rings (SSSR count). The highest BCUT2D eigenvalue weighted by molar-refractivity contribution is 7.22. The molecule has 0 radical (unpaired) electrons. The second kappa shape index (κ2) is 7.84. The number of fused-ring (bicyclic) bond motifs is 1. The molecule has 0 spiro atoms. The minimum Gasteiger partial charge on any atom is -0.493 e. The van der Waals surface area contributed by atoms with E-state index in [0.717, 1.165) is 15.3 Å². The molecule has 0 unspecified atom stereocenters. The van der Waals surface area contributed by atoms with Gasteiger partial charge in [-0.05, 0) is 18.2 Å². The average molecular weight is 433 g/mol. The molecule has 1 aromatic heterocycles. The van der Waals surface area contributed by atoms with Gasteiger partial charge in [0.25, 0.3) is 11.6 Å². The van der Waals surface area contributed by atoms with E-state index in [4.69, 9.17) is 16.3 Å². The number of aromatic nitrogens is 1. The number of nitro benzene ring substituents is 1. The van der Waals surface area contributed by atoms with Crippen LogP contribution < -0.4 is 9.64 Å². The fraction of sp³-hybridized carbons (Fsp3) is 0.263. The number of piperazine rings is 1. The first-order valence-electron chi connectivity index (χ1n) is 8.90. The average Bonchev–Trinajstić information content (AvgIpc) is 3.17. The van der Waals surface area contributed by atoms with Crippen molar-refractivity contribution in [2.24, 2.45) is 0 Å². The first-order chi connectivity index (χ1) is 14.0. The standard InChI is InChI=1S/C19H17ClN4O4S/c1-28-17-13(20)6-7-15-16(17)21-19(29-15)23-10-8-22(9-11-23)18(25)12-4-2-3-5-14(12)24(26)27/h2-7H,8-11H2,1H3. The van der Waals surface area contributed by atoms with Crippen molar-refractivity contribution in [3.63, 3.8) is 0 Å². The number of thiazole rings is 1. The van der Waals surface area contributed by atoms with Gasteiger partial charge in [-0.25, -0.2) is 4.98 Å². The van der Waals surface area contributed by atoms with E-state index >= 15 is 0 Å². The second-order valence-electron chi connectivity index (χ2n) is 6.48. The van der Waals surface area contributed by atoms with E-state index in [9.17, 15) is 14.9 Å². The molecule has 1 fully saturated rings. The zero-order valence-corrected chi connectivity index (χ0v) is 17.1. The molecule has 2 aromatic carbocycles. The van der Waals surface area contributed by atoms with Gasteiger partial charge in [0.15, 0.2) is 10.9 Å². The maximum Gasteiger partial charge on any atom is 0.282 e. The highest BCUT2D eigenvalue weighted by atomic mass is 35.5. The summed E-state index contributed by atoms with van der Waals surface area (Å²) in [5.41, 5.74) is 0.666. The van der Waals surface area contributed by atoms with Crippen molar-refractivity contribution in [2.75, 3.05) is 38.2 Å². The number of rotatable bonds is 4. The Bertz CT molecular complexity index is 1100. The van der Waals surface area contributed by atoms with Gasteiger partial charge in [0.2, 0.25) is 0 Å². The zero-order chi connectivity index (χ0) is 20.5. The predicted molar refractivity (Wildman–Crippen MR) is 112 cm³/mol. The number of methoxy groups -OCH3 is 1. The van der Waals surface area contributed by atoms with Crippen molar-refractivity contribution >= 4 is 49.9 Å². The Kier molecular flexibility index (Phi) is 5.25. The van der Waals surface area contributed by atoms with Gasteiger partial charge in [-0.15, -0.1) is 0 Å². The Hall–Kier alpha value is -2.91. The molecule has 8 nitrogen and oxygen atoms in total.